The lowest BCUT2D eigenvalue weighted by molar-refractivity contribution is 0.395. The molecule has 0 bridgehead atoms. The minimum absolute atomic E-state index is 0.306. The van der Waals surface area contributed by atoms with Crippen LogP contribution in [0.15, 0.2) is 41.8 Å². The van der Waals surface area contributed by atoms with Gasteiger partial charge in [-0.25, -0.2) is 4.21 Å². The molecular weight excluding hydrogens is 184 g/mol. The second-order valence-corrected chi connectivity index (χ2v) is 3.80. The Bertz CT molecular complexity index is 303. The van der Waals surface area contributed by atoms with Gasteiger partial charge in [-0.3, -0.25) is 4.18 Å². The van der Waals surface area contributed by atoms with E-state index < -0.39 is 11.1 Å². The van der Waals surface area contributed by atoms with Crippen LogP contribution in [0, 0.1) is 6.92 Å². The van der Waals surface area contributed by atoms with E-state index in [1.165, 1.54) is 0 Å². The first-order valence-electron chi connectivity index (χ1n) is 3.96. The van der Waals surface area contributed by atoms with Crippen LogP contribution >= 0.6 is 0 Å². The predicted octanol–water partition coefficient (Wildman–Crippen LogP) is 2.22. The molecule has 0 heterocycles. The minimum atomic E-state index is -1.36. The fraction of sp³-hybridized carbons (Fsp3) is 0.200. The molecule has 3 heteroatoms. The highest BCUT2D eigenvalue weighted by molar-refractivity contribution is 7.80. The Morgan fingerprint density at radius 3 is 2.62 bits per heavy atom. The van der Waals surface area contributed by atoms with Gasteiger partial charge in [0.1, 0.15) is 0 Å². The molecule has 0 fully saturated rings. The van der Waals surface area contributed by atoms with Gasteiger partial charge in [0.25, 0.3) is 0 Å². The third kappa shape index (κ3) is 3.13. The van der Waals surface area contributed by atoms with Crippen molar-refractivity contribution in [3.8, 4) is 0 Å². The van der Waals surface area contributed by atoms with Crippen LogP contribution in [-0.4, -0.2) is 10.8 Å². The molecule has 1 atom stereocenters. The van der Waals surface area contributed by atoms with E-state index in [4.69, 9.17) is 4.18 Å². The molecule has 0 saturated carbocycles. The average Bonchev–Trinajstić information content (AvgIpc) is 2.15. The van der Waals surface area contributed by atoms with Crippen molar-refractivity contribution in [3.63, 3.8) is 0 Å². The van der Waals surface area contributed by atoms with Gasteiger partial charge in [0, 0.05) is 0 Å². The zero-order valence-electron chi connectivity index (χ0n) is 7.53. The van der Waals surface area contributed by atoms with Gasteiger partial charge in [-0.15, -0.1) is 6.58 Å². The fourth-order valence-corrected chi connectivity index (χ4v) is 1.54. The summed E-state index contributed by atoms with van der Waals surface area (Å²) in [5.41, 5.74) is 1.14. The number of hydrogen-bond acceptors (Lipinski definition) is 2. The van der Waals surface area contributed by atoms with Crippen molar-refractivity contribution in [3.05, 3.63) is 42.5 Å². The number of rotatable bonds is 4. The van der Waals surface area contributed by atoms with Gasteiger partial charge in [-0.2, -0.15) is 0 Å². The molecule has 0 aliphatic rings. The Balaban J connectivity index is 2.66. The summed E-state index contributed by atoms with van der Waals surface area (Å²) in [4.78, 5) is 0.687. The van der Waals surface area contributed by atoms with Crippen molar-refractivity contribution >= 4 is 11.1 Å². The molecule has 1 unspecified atom stereocenters. The van der Waals surface area contributed by atoms with Crippen molar-refractivity contribution in [1.29, 1.82) is 0 Å². The second-order valence-electron chi connectivity index (χ2n) is 2.62. The van der Waals surface area contributed by atoms with E-state index in [9.17, 15) is 4.21 Å². The van der Waals surface area contributed by atoms with Crippen LogP contribution in [-0.2, 0) is 15.3 Å². The standard InChI is InChI=1S/C10H12O2S/c1-3-8-12-13(11)10-6-4-9(2)5-7-10/h3-7H,1,8H2,2H3. The summed E-state index contributed by atoms with van der Waals surface area (Å²) in [5, 5.41) is 0. The molecule has 0 aliphatic carbocycles. The maximum Gasteiger partial charge on any atom is 0.189 e. The van der Waals surface area contributed by atoms with Gasteiger partial charge in [0.2, 0.25) is 0 Å². The highest BCUT2D eigenvalue weighted by Gasteiger charge is 2.01. The van der Waals surface area contributed by atoms with Crippen LogP contribution in [0.3, 0.4) is 0 Å². The van der Waals surface area contributed by atoms with Crippen LogP contribution in [0.2, 0.25) is 0 Å². The second kappa shape index (κ2) is 4.94. The summed E-state index contributed by atoms with van der Waals surface area (Å²) in [6, 6.07) is 7.41. The zero-order valence-corrected chi connectivity index (χ0v) is 8.34. The number of hydrogen-bond donors (Lipinski definition) is 0. The molecule has 0 aliphatic heterocycles. The van der Waals surface area contributed by atoms with Crippen molar-refractivity contribution in [2.24, 2.45) is 0 Å². The lowest BCUT2D eigenvalue weighted by Crippen LogP contribution is -1.97. The maximum atomic E-state index is 11.4. The highest BCUT2D eigenvalue weighted by atomic mass is 32.2. The largest absolute Gasteiger partial charge is 0.283 e. The highest BCUT2D eigenvalue weighted by Crippen LogP contribution is 2.08. The van der Waals surface area contributed by atoms with Gasteiger partial charge in [0.05, 0.1) is 11.5 Å². The molecule has 1 aromatic carbocycles. The van der Waals surface area contributed by atoms with Gasteiger partial charge >= 0.3 is 0 Å². The summed E-state index contributed by atoms with van der Waals surface area (Å²) in [6.07, 6.45) is 1.58. The van der Waals surface area contributed by atoms with E-state index >= 15 is 0 Å². The number of benzene rings is 1. The zero-order chi connectivity index (χ0) is 9.68. The van der Waals surface area contributed by atoms with Crippen LogP contribution in [0.5, 0.6) is 0 Å². The first kappa shape index (κ1) is 10.2. The van der Waals surface area contributed by atoms with Crippen molar-refractivity contribution < 1.29 is 8.39 Å². The Morgan fingerprint density at radius 1 is 1.46 bits per heavy atom. The molecule has 1 aromatic rings. The first-order chi connectivity index (χ1) is 6.24. The Morgan fingerprint density at radius 2 is 2.08 bits per heavy atom. The van der Waals surface area contributed by atoms with Gasteiger partial charge in [-0.05, 0) is 19.1 Å². The average molecular weight is 196 g/mol. The predicted molar refractivity (Wildman–Crippen MR) is 53.7 cm³/mol. The van der Waals surface area contributed by atoms with Crippen molar-refractivity contribution in [2.75, 3.05) is 6.61 Å². The first-order valence-corrected chi connectivity index (χ1v) is 5.04. The third-order valence-corrected chi connectivity index (χ3v) is 2.51. The third-order valence-electron chi connectivity index (χ3n) is 1.51. The normalized spacial score (nSPS) is 12.4. The molecule has 70 valence electrons. The Hall–Kier alpha value is -0.930. The monoisotopic (exact) mass is 196 g/mol. The Kier molecular flexibility index (Phi) is 3.86. The quantitative estimate of drug-likeness (QED) is 0.690. The Labute approximate surface area is 80.9 Å². The SMILES string of the molecule is C=CCOS(=O)c1ccc(C)cc1. The molecule has 13 heavy (non-hydrogen) atoms. The molecule has 0 aromatic heterocycles. The van der Waals surface area contributed by atoms with Gasteiger partial charge in [0.15, 0.2) is 11.1 Å². The molecule has 0 spiro atoms. The molecule has 1 rings (SSSR count). The molecular formula is C10H12O2S. The summed E-state index contributed by atoms with van der Waals surface area (Å²) in [7, 11) is 0. The van der Waals surface area contributed by atoms with Crippen molar-refractivity contribution in [1.82, 2.24) is 0 Å². The summed E-state index contributed by atoms with van der Waals surface area (Å²) < 4.78 is 16.3. The van der Waals surface area contributed by atoms with E-state index in [2.05, 4.69) is 6.58 Å². The van der Waals surface area contributed by atoms with Crippen LogP contribution in [0.1, 0.15) is 5.56 Å². The topological polar surface area (TPSA) is 26.3 Å². The molecule has 2 nitrogen and oxygen atoms in total. The van der Waals surface area contributed by atoms with Gasteiger partial charge < -0.3 is 0 Å². The summed E-state index contributed by atoms with van der Waals surface area (Å²) >= 11 is -1.36. The molecule has 0 N–H and O–H groups in total. The van der Waals surface area contributed by atoms with Crippen LogP contribution in [0.25, 0.3) is 0 Å². The van der Waals surface area contributed by atoms with Crippen LogP contribution in [0.4, 0.5) is 0 Å². The molecule has 0 saturated heterocycles. The summed E-state index contributed by atoms with van der Waals surface area (Å²) in [5.74, 6) is 0. The van der Waals surface area contributed by atoms with E-state index in [1.807, 2.05) is 19.1 Å². The van der Waals surface area contributed by atoms with E-state index in [0.717, 1.165) is 5.56 Å². The molecule has 0 radical (unpaired) electrons. The smallest absolute Gasteiger partial charge is 0.189 e. The van der Waals surface area contributed by atoms with E-state index in [1.54, 1.807) is 18.2 Å². The molecule has 0 amide bonds. The lowest BCUT2D eigenvalue weighted by Gasteiger charge is -2.00. The summed E-state index contributed by atoms with van der Waals surface area (Å²) in [6.45, 7) is 5.77. The minimum Gasteiger partial charge on any atom is -0.283 e. The lowest BCUT2D eigenvalue weighted by atomic mass is 10.2. The van der Waals surface area contributed by atoms with Crippen LogP contribution < -0.4 is 0 Å². The van der Waals surface area contributed by atoms with Gasteiger partial charge in [-0.1, -0.05) is 23.8 Å². The van der Waals surface area contributed by atoms with E-state index in [0.29, 0.717) is 11.5 Å². The maximum absolute atomic E-state index is 11.4. The van der Waals surface area contributed by atoms with Crippen molar-refractivity contribution in [2.45, 2.75) is 11.8 Å². The van der Waals surface area contributed by atoms with E-state index in [-0.39, 0.29) is 0 Å². The number of aryl methyl sites for hydroxylation is 1. The fourth-order valence-electron chi connectivity index (χ4n) is 0.827.